The lowest BCUT2D eigenvalue weighted by Gasteiger charge is -2.01. The SMILES string of the molecule is O=C(CBr)Cc1ccc2ccccc2c1. The Labute approximate surface area is 97.2 Å². The van der Waals surface area contributed by atoms with Crippen LogP contribution >= 0.6 is 15.9 Å². The Bertz CT molecular complexity index is 491. The maximum atomic E-state index is 11.3. The Morgan fingerprint density at radius 1 is 1.07 bits per heavy atom. The number of alkyl halides is 1. The highest BCUT2D eigenvalue weighted by Crippen LogP contribution is 2.16. The summed E-state index contributed by atoms with van der Waals surface area (Å²) >= 11 is 3.17. The van der Waals surface area contributed by atoms with Gasteiger partial charge < -0.3 is 0 Å². The Balaban J connectivity index is 2.34. The highest BCUT2D eigenvalue weighted by molar-refractivity contribution is 9.09. The molecule has 0 fully saturated rings. The number of benzene rings is 2. The Kier molecular flexibility index (Phi) is 3.17. The summed E-state index contributed by atoms with van der Waals surface area (Å²) in [5, 5.41) is 2.84. The van der Waals surface area contributed by atoms with Crippen molar-refractivity contribution in [3.05, 3.63) is 48.0 Å². The second-order valence-electron chi connectivity index (χ2n) is 3.53. The minimum Gasteiger partial charge on any atom is -0.298 e. The lowest BCUT2D eigenvalue weighted by molar-refractivity contribution is -0.115. The van der Waals surface area contributed by atoms with Crippen LogP contribution in [0.4, 0.5) is 0 Å². The predicted octanol–water partition coefficient (Wildman–Crippen LogP) is 3.35. The van der Waals surface area contributed by atoms with Gasteiger partial charge in [-0.2, -0.15) is 0 Å². The van der Waals surface area contributed by atoms with Crippen LogP contribution < -0.4 is 0 Å². The van der Waals surface area contributed by atoms with Gasteiger partial charge in [0.2, 0.25) is 0 Å². The molecule has 0 saturated heterocycles. The summed E-state index contributed by atoms with van der Waals surface area (Å²) in [4.78, 5) is 11.3. The number of carbonyl (C=O) groups excluding carboxylic acids is 1. The molecule has 76 valence electrons. The minimum atomic E-state index is 0.213. The van der Waals surface area contributed by atoms with Crippen molar-refractivity contribution in [2.45, 2.75) is 6.42 Å². The number of hydrogen-bond acceptors (Lipinski definition) is 1. The Morgan fingerprint density at radius 2 is 1.80 bits per heavy atom. The molecule has 2 rings (SSSR count). The van der Waals surface area contributed by atoms with E-state index in [1.54, 1.807) is 0 Å². The molecule has 2 heteroatoms. The summed E-state index contributed by atoms with van der Waals surface area (Å²) in [5.41, 5.74) is 1.08. The third-order valence-electron chi connectivity index (χ3n) is 2.36. The quantitative estimate of drug-likeness (QED) is 0.776. The summed E-state index contributed by atoms with van der Waals surface area (Å²) in [6.45, 7) is 0. The van der Waals surface area contributed by atoms with Crippen molar-refractivity contribution in [1.29, 1.82) is 0 Å². The molecule has 0 unspecified atom stereocenters. The largest absolute Gasteiger partial charge is 0.298 e. The van der Waals surface area contributed by atoms with Gasteiger partial charge in [0.25, 0.3) is 0 Å². The molecule has 0 aromatic heterocycles. The summed E-state index contributed by atoms with van der Waals surface area (Å²) in [6, 6.07) is 14.3. The van der Waals surface area contributed by atoms with Gasteiger partial charge in [-0.1, -0.05) is 58.4 Å². The van der Waals surface area contributed by atoms with E-state index in [9.17, 15) is 4.79 Å². The summed E-state index contributed by atoms with van der Waals surface area (Å²) in [5.74, 6) is 0.213. The molecule has 0 radical (unpaired) electrons. The third-order valence-corrected chi connectivity index (χ3v) is 2.99. The monoisotopic (exact) mass is 262 g/mol. The molecule has 0 saturated carbocycles. The normalized spacial score (nSPS) is 10.5. The van der Waals surface area contributed by atoms with Crippen LogP contribution in [-0.4, -0.2) is 11.1 Å². The molecule has 0 atom stereocenters. The zero-order chi connectivity index (χ0) is 10.7. The minimum absolute atomic E-state index is 0.213. The first-order valence-electron chi connectivity index (χ1n) is 4.85. The maximum absolute atomic E-state index is 11.3. The van der Waals surface area contributed by atoms with E-state index in [0.29, 0.717) is 11.8 Å². The average Bonchev–Trinajstić information content (AvgIpc) is 2.29. The van der Waals surface area contributed by atoms with Crippen molar-refractivity contribution < 1.29 is 4.79 Å². The first kappa shape index (κ1) is 10.4. The topological polar surface area (TPSA) is 17.1 Å². The van der Waals surface area contributed by atoms with Gasteiger partial charge in [0.05, 0.1) is 5.33 Å². The average molecular weight is 263 g/mol. The lowest BCUT2D eigenvalue weighted by atomic mass is 10.0. The fraction of sp³-hybridized carbons (Fsp3) is 0.154. The predicted molar refractivity (Wildman–Crippen MR) is 66.5 cm³/mol. The zero-order valence-corrected chi connectivity index (χ0v) is 9.83. The highest BCUT2D eigenvalue weighted by Gasteiger charge is 2.02. The lowest BCUT2D eigenvalue weighted by Crippen LogP contribution is -2.02. The van der Waals surface area contributed by atoms with Gasteiger partial charge in [-0.15, -0.1) is 0 Å². The van der Waals surface area contributed by atoms with Crippen LogP contribution in [0.3, 0.4) is 0 Å². The van der Waals surface area contributed by atoms with Crippen LogP contribution in [0.2, 0.25) is 0 Å². The van der Waals surface area contributed by atoms with Crippen LogP contribution in [0, 0.1) is 0 Å². The van der Waals surface area contributed by atoms with E-state index >= 15 is 0 Å². The van der Waals surface area contributed by atoms with Gasteiger partial charge in [-0.05, 0) is 16.3 Å². The Hall–Kier alpha value is -1.15. The molecule has 0 N–H and O–H groups in total. The van der Waals surface area contributed by atoms with Crippen molar-refractivity contribution >= 4 is 32.5 Å². The second-order valence-corrected chi connectivity index (χ2v) is 4.09. The molecular formula is C13H11BrO. The van der Waals surface area contributed by atoms with E-state index in [4.69, 9.17) is 0 Å². The summed E-state index contributed by atoms with van der Waals surface area (Å²) in [7, 11) is 0. The van der Waals surface area contributed by atoms with Gasteiger partial charge in [-0.3, -0.25) is 4.79 Å². The van der Waals surface area contributed by atoms with Crippen molar-refractivity contribution in [3.63, 3.8) is 0 Å². The van der Waals surface area contributed by atoms with Crippen LogP contribution in [-0.2, 0) is 11.2 Å². The third kappa shape index (κ3) is 2.45. The van der Waals surface area contributed by atoms with Gasteiger partial charge in [0.15, 0.2) is 0 Å². The molecule has 15 heavy (non-hydrogen) atoms. The number of halogens is 1. The molecule has 0 amide bonds. The first-order valence-corrected chi connectivity index (χ1v) is 5.97. The van der Waals surface area contributed by atoms with E-state index in [-0.39, 0.29) is 5.78 Å². The Morgan fingerprint density at radius 3 is 2.53 bits per heavy atom. The molecular weight excluding hydrogens is 252 g/mol. The number of rotatable bonds is 3. The van der Waals surface area contributed by atoms with E-state index in [1.807, 2.05) is 18.2 Å². The smallest absolute Gasteiger partial charge is 0.147 e. The van der Waals surface area contributed by atoms with Crippen molar-refractivity contribution in [3.8, 4) is 0 Å². The van der Waals surface area contributed by atoms with Gasteiger partial charge in [0.1, 0.15) is 5.78 Å². The number of ketones is 1. The number of fused-ring (bicyclic) bond motifs is 1. The molecule has 1 nitrogen and oxygen atoms in total. The molecule has 2 aromatic carbocycles. The van der Waals surface area contributed by atoms with Crippen LogP contribution in [0.5, 0.6) is 0 Å². The van der Waals surface area contributed by atoms with E-state index in [0.717, 1.165) is 5.56 Å². The highest BCUT2D eigenvalue weighted by atomic mass is 79.9. The molecule has 0 spiro atoms. The van der Waals surface area contributed by atoms with Crippen molar-refractivity contribution in [2.75, 3.05) is 5.33 Å². The van der Waals surface area contributed by atoms with Crippen LogP contribution in [0.25, 0.3) is 10.8 Å². The van der Waals surface area contributed by atoms with Gasteiger partial charge >= 0.3 is 0 Å². The molecule has 0 heterocycles. The number of carbonyl (C=O) groups is 1. The fourth-order valence-corrected chi connectivity index (χ4v) is 1.82. The molecule has 0 bridgehead atoms. The molecule has 2 aromatic rings. The summed E-state index contributed by atoms with van der Waals surface area (Å²) in [6.07, 6.45) is 0.510. The van der Waals surface area contributed by atoms with Crippen LogP contribution in [0.15, 0.2) is 42.5 Å². The van der Waals surface area contributed by atoms with Crippen molar-refractivity contribution in [2.24, 2.45) is 0 Å². The van der Waals surface area contributed by atoms with E-state index in [1.165, 1.54) is 10.8 Å². The maximum Gasteiger partial charge on any atom is 0.147 e. The zero-order valence-electron chi connectivity index (χ0n) is 8.24. The van der Waals surface area contributed by atoms with Gasteiger partial charge in [0, 0.05) is 6.42 Å². The number of Topliss-reactive ketones (excluding diaryl/α,β-unsaturated/α-hetero) is 1. The second kappa shape index (κ2) is 4.58. The summed E-state index contributed by atoms with van der Waals surface area (Å²) < 4.78 is 0. The van der Waals surface area contributed by atoms with Gasteiger partial charge in [-0.25, -0.2) is 0 Å². The standard InChI is InChI=1S/C13H11BrO/c14-9-13(15)8-10-5-6-11-3-1-2-4-12(11)7-10/h1-7H,8-9H2. The molecule has 0 aliphatic heterocycles. The molecule has 0 aliphatic carbocycles. The van der Waals surface area contributed by atoms with E-state index < -0.39 is 0 Å². The van der Waals surface area contributed by atoms with Crippen molar-refractivity contribution in [1.82, 2.24) is 0 Å². The van der Waals surface area contributed by atoms with Crippen LogP contribution in [0.1, 0.15) is 5.56 Å². The fourth-order valence-electron chi connectivity index (χ4n) is 1.62. The molecule has 0 aliphatic rings. The first-order chi connectivity index (χ1) is 7.29. The number of hydrogen-bond donors (Lipinski definition) is 0. The van der Waals surface area contributed by atoms with E-state index in [2.05, 4.69) is 40.2 Å².